The van der Waals surface area contributed by atoms with E-state index in [1.807, 2.05) is 6.08 Å². The van der Waals surface area contributed by atoms with Crippen LogP contribution in [0.1, 0.15) is 47.2 Å². The summed E-state index contributed by atoms with van der Waals surface area (Å²) < 4.78 is 10.7. The largest absolute Gasteiger partial charge is 0.466 e. The van der Waals surface area contributed by atoms with Gasteiger partial charge in [-0.1, -0.05) is 55.3 Å². The van der Waals surface area contributed by atoms with Crippen molar-refractivity contribution in [2.75, 3.05) is 13.9 Å². The van der Waals surface area contributed by atoms with Gasteiger partial charge in [0.05, 0.1) is 4.92 Å². The number of ether oxygens (including phenoxy) is 2. The molecule has 0 heterocycles. The van der Waals surface area contributed by atoms with Crippen LogP contribution in [-0.2, 0) is 4.74 Å². The van der Waals surface area contributed by atoms with Crippen LogP contribution in [0.3, 0.4) is 0 Å². The van der Waals surface area contributed by atoms with E-state index >= 15 is 0 Å². The number of hydrogen-bond donors (Lipinski definition) is 0. The topological polar surface area (TPSA) is 78.7 Å². The number of rotatable bonds is 8. The Bertz CT molecular complexity index is 870. The summed E-state index contributed by atoms with van der Waals surface area (Å²) in [6, 6.07) is 11.5. The van der Waals surface area contributed by atoms with Crippen molar-refractivity contribution in [3.63, 3.8) is 0 Å². The second kappa shape index (κ2) is 9.28. The molecule has 6 nitrogen and oxygen atoms in total. The zero-order valence-corrected chi connectivity index (χ0v) is 15.8. The molecule has 0 atom stereocenters. The molecule has 0 unspecified atom stereocenters. The summed E-state index contributed by atoms with van der Waals surface area (Å²) in [7, 11) is 1.46. The summed E-state index contributed by atoms with van der Waals surface area (Å²) in [5.74, 6) is 0.215. The molecule has 1 aliphatic carbocycles. The third-order valence-electron chi connectivity index (χ3n) is 4.89. The van der Waals surface area contributed by atoms with E-state index in [0.717, 1.165) is 12.8 Å². The van der Waals surface area contributed by atoms with E-state index < -0.39 is 10.7 Å². The molecule has 2 aromatic carbocycles. The summed E-state index contributed by atoms with van der Waals surface area (Å²) in [6.45, 7) is -0.111. The van der Waals surface area contributed by atoms with Crippen molar-refractivity contribution in [2.24, 2.45) is 5.92 Å². The number of methoxy groups -OCH3 is 1. The molecule has 0 aliphatic heterocycles. The monoisotopic (exact) mass is 381 g/mol. The second-order valence-electron chi connectivity index (χ2n) is 6.78. The molecule has 0 aromatic heterocycles. The van der Waals surface area contributed by atoms with Crippen LogP contribution in [0.15, 0.2) is 48.5 Å². The summed E-state index contributed by atoms with van der Waals surface area (Å²) in [5, 5.41) is 11.6. The highest BCUT2D eigenvalue weighted by Gasteiger charge is 2.28. The Morgan fingerprint density at radius 3 is 2.54 bits per heavy atom. The molecule has 2 aromatic rings. The zero-order valence-electron chi connectivity index (χ0n) is 15.8. The Morgan fingerprint density at radius 2 is 1.89 bits per heavy atom. The van der Waals surface area contributed by atoms with Gasteiger partial charge in [0.15, 0.2) is 6.79 Å². The minimum absolute atomic E-state index is 0.0539. The van der Waals surface area contributed by atoms with Crippen molar-refractivity contribution in [2.45, 2.75) is 25.7 Å². The highest BCUT2D eigenvalue weighted by molar-refractivity contribution is 6.13. The lowest BCUT2D eigenvalue weighted by atomic mass is 9.97. The molecule has 0 amide bonds. The maximum absolute atomic E-state index is 13.1. The predicted molar refractivity (Wildman–Crippen MR) is 106 cm³/mol. The van der Waals surface area contributed by atoms with Crippen molar-refractivity contribution >= 4 is 17.5 Å². The Hall–Kier alpha value is -2.99. The molecule has 1 aliphatic rings. The van der Waals surface area contributed by atoms with Crippen molar-refractivity contribution in [1.29, 1.82) is 0 Å². The first-order valence-electron chi connectivity index (χ1n) is 9.33. The van der Waals surface area contributed by atoms with Gasteiger partial charge in [-0.15, -0.1) is 0 Å². The molecule has 1 fully saturated rings. The smallest absolute Gasteiger partial charge is 0.284 e. The van der Waals surface area contributed by atoms with Crippen molar-refractivity contribution in [3.8, 4) is 5.75 Å². The first kappa shape index (κ1) is 19.8. The van der Waals surface area contributed by atoms with Gasteiger partial charge >= 0.3 is 0 Å². The van der Waals surface area contributed by atoms with Gasteiger partial charge in [0.25, 0.3) is 5.69 Å². The number of nitro benzene ring substituents is 1. The van der Waals surface area contributed by atoms with E-state index in [2.05, 4.69) is 6.08 Å². The molecule has 0 spiro atoms. The van der Waals surface area contributed by atoms with Crippen LogP contribution in [0.4, 0.5) is 5.69 Å². The Kier molecular flexibility index (Phi) is 6.55. The van der Waals surface area contributed by atoms with Crippen LogP contribution < -0.4 is 4.74 Å². The second-order valence-corrected chi connectivity index (χ2v) is 6.78. The number of hydrogen-bond acceptors (Lipinski definition) is 5. The van der Waals surface area contributed by atoms with E-state index in [4.69, 9.17) is 9.47 Å². The number of ketones is 1. The van der Waals surface area contributed by atoms with E-state index in [1.54, 1.807) is 36.4 Å². The summed E-state index contributed by atoms with van der Waals surface area (Å²) in [5.41, 5.74) is 0.665. The van der Waals surface area contributed by atoms with Gasteiger partial charge in [-0.2, -0.15) is 0 Å². The van der Waals surface area contributed by atoms with E-state index in [-0.39, 0.29) is 23.8 Å². The van der Waals surface area contributed by atoms with Gasteiger partial charge in [0.2, 0.25) is 5.78 Å². The molecule has 0 radical (unpaired) electrons. The molecule has 146 valence electrons. The molecule has 1 saturated carbocycles. The maximum atomic E-state index is 13.1. The molecule has 3 rings (SSSR count). The fourth-order valence-corrected chi connectivity index (χ4v) is 3.49. The minimum Gasteiger partial charge on any atom is -0.466 e. The average Bonchev–Trinajstić information content (AvgIpc) is 3.24. The van der Waals surface area contributed by atoms with Gasteiger partial charge in [-0.3, -0.25) is 14.9 Å². The highest BCUT2D eigenvalue weighted by atomic mass is 16.7. The average molecular weight is 381 g/mol. The lowest BCUT2D eigenvalue weighted by Crippen LogP contribution is -2.11. The molecule has 0 bridgehead atoms. The lowest BCUT2D eigenvalue weighted by Gasteiger charge is -2.14. The highest BCUT2D eigenvalue weighted by Crippen LogP contribution is 2.36. The maximum Gasteiger partial charge on any atom is 0.284 e. The summed E-state index contributed by atoms with van der Waals surface area (Å²) in [6.07, 6.45) is 8.68. The molecule has 0 saturated heterocycles. The molecular formula is C22H23NO5. The van der Waals surface area contributed by atoms with E-state index in [1.165, 1.54) is 26.0 Å². The number of benzene rings is 2. The number of carbonyl (C=O) groups excluding carboxylic acids is 1. The third kappa shape index (κ3) is 4.46. The van der Waals surface area contributed by atoms with Crippen LogP contribution in [0.25, 0.3) is 6.08 Å². The molecule has 0 N–H and O–H groups in total. The van der Waals surface area contributed by atoms with Gasteiger partial charge < -0.3 is 9.47 Å². The summed E-state index contributed by atoms with van der Waals surface area (Å²) in [4.78, 5) is 24.2. The van der Waals surface area contributed by atoms with Gasteiger partial charge in [-0.05, 0) is 24.8 Å². The van der Waals surface area contributed by atoms with Crippen LogP contribution in [0.5, 0.6) is 5.75 Å². The SMILES string of the molecule is COCOc1c(/C=C/C2CCCC2)ccc([N+](=O)[O-])c1C(=O)c1ccccc1. The standard InChI is InChI=1S/C22H23NO5/c1-27-15-28-22-18(12-11-16-7-5-6-8-16)13-14-19(23(25)26)20(22)21(24)17-9-3-2-4-10-17/h2-4,9-14,16H,5-8,15H2,1H3/b12-11+. The molecule has 6 heteroatoms. The van der Waals surface area contributed by atoms with Crippen molar-refractivity contribution in [1.82, 2.24) is 0 Å². The van der Waals surface area contributed by atoms with Gasteiger partial charge in [0.1, 0.15) is 11.3 Å². The lowest BCUT2D eigenvalue weighted by molar-refractivity contribution is -0.385. The molecular weight excluding hydrogens is 358 g/mol. The first-order chi connectivity index (χ1) is 13.6. The number of carbonyl (C=O) groups is 1. The van der Waals surface area contributed by atoms with E-state index in [0.29, 0.717) is 17.0 Å². The third-order valence-corrected chi connectivity index (χ3v) is 4.89. The van der Waals surface area contributed by atoms with Crippen LogP contribution in [0.2, 0.25) is 0 Å². The number of nitrogens with zero attached hydrogens (tertiary/aromatic N) is 1. The fourth-order valence-electron chi connectivity index (χ4n) is 3.49. The van der Waals surface area contributed by atoms with Crippen molar-refractivity contribution in [3.05, 3.63) is 75.3 Å². The minimum atomic E-state index is -0.555. The van der Waals surface area contributed by atoms with Crippen LogP contribution in [0, 0.1) is 16.0 Å². The van der Waals surface area contributed by atoms with Gasteiger partial charge in [0, 0.05) is 24.3 Å². The van der Waals surface area contributed by atoms with Crippen LogP contribution in [-0.4, -0.2) is 24.6 Å². The van der Waals surface area contributed by atoms with Gasteiger partial charge in [-0.25, -0.2) is 0 Å². The Balaban J connectivity index is 2.10. The summed E-state index contributed by atoms with van der Waals surface area (Å²) >= 11 is 0. The van der Waals surface area contributed by atoms with Crippen molar-refractivity contribution < 1.29 is 19.2 Å². The number of nitro groups is 1. The quantitative estimate of drug-likeness (QED) is 0.278. The molecule has 28 heavy (non-hydrogen) atoms. The number of allylic oxidation sites excluding steroid dienone is 1. The Morgan fingerprint density at radius 1 is 1.18 bits per heavy atom. The van der Waals surface area contributed by atoms with Crippen LogP contribution >= 0.6 is 0 Å². The van der Waals surface area contributed by atoms with E-state index in [9.17, 15) is 14.9 Å². The predicted octanol–water partition coefficient (Wildman–Crippen LogP) is 5.01. The Labute approximate surface area is 163 Å². The fraction of sp³-hybridized carbons (Fsp3) is 0.318. The first-order valence-corrected chi connectivity index (χ1v) is 9.33. The normalized spacial score (nSPS) is 14.5. The zero-order chi connectivity index (χ0) is 19.9.